The Morgan fingerprint density at radius 3 is 2.70 bits per heavy atom. The molecule has 1 aromatic carbocycles. The lowest BCUT2D eigenvalue weighted by Crippen LogP contribution is -2.11. The number of methoxy groups -OCH3 is 1. The minimum absolute atomic E-state index is 0.241. The summed E-state index contributed by atoms with van der Waals surface area (Å²) in [6.45, 7) is 0. The predicted molar refractivity (Wildman–Crippen MR) is 88.5 cm³/mol. The van der Waals surface area contributed by atoms with Crippen molar-refractivity contribution in [2.75, 3.05) is 12.4 Å². The molecule has 0 fully saturated rings. The largest absolute Gasteiger partial charge is 0.480 e. The molecule has 0 aliphatic carbocycles. The lowest BCUT2D eigenvalue weighted by atomic mass is 10.2. The van der Waals surface area contributed by atoms with E-state index in [1.54, 1.807) is 36.5 Å². The molecule has 1 amide bonds. The molecule has 116 valence electrons. The number of nitrogens with one attached hydrogen (secondary N) is 1. The molecule has 2 aromatic heterocycles. The number of hydrogen-bond acceptors (Lipinski definition) is 4. The van der Waals surface area contributed by atoms with Gasteiger partial charge in [0.1, 0.15) is 11.5 Å². The van der Waals surface area contributed by atoms with Crippen molar-refractivity contribution in [3.05, 3.63) is 65.4 Å². The van der Waals surface area contributed by atoms with Crippen LogP contribution < -0.4 is 10.1 Å². The minimum Gasteiger partial charge on any atom is -0.480 e. The summed E-state index contributed by atoms with van der Waals surface area (Å²) in [5.74, 6) is -0.169. The van der Waals surface area contributed by atoms with Crippen LogP contribution in [0.4, 0.5) is 10.1 Å². The molecule has 3 aromatic rings. The monoisotopic (exact) mass is 328 g/mol. The number of nitrogens with zero attached hydrogens (tertiary/aromatic N) is 1. The molecular formula is C17H13FN2O2S. The second kappa shape index (κ2) is 6.58. The van der Waals surface area contributed by atoms with Crippen LogP contribution in [0.15, 0.2) is 54.7 Å². The number of ether oxygens (including phenoxy) is 1. The van der Waals surface area contributed by atoms with Gasteiger partial charge in [0.2, 0.25) is 5.88 Å². The van der Waals surface area contributed by atoms with Crippen LogP contribution in [0.1, 0.15) is 9.67 Å². The van der Waals surface area contributed by atoms with E-state index in [4.69, 9.17) is 4.74 Å². The van der Waals surface area contributed by atoms with Gasteiger partial charge in [0, 0.05) is 11.1 Å². The van der Waals surface area contributed by atoms with Gasteiger partial charge < -0.3 is 10.1 Å². The van der Waals surface area contributed by atoms with E-state index in [2.05, 4.69) is 10.3 Å². The number of carbonyl (C=O) groups is 1. The molecule has 6 heteroatoms. The molecule has 0 bridgehead atoms. The van der Waals surface area contributed by atoms with Crippen LogP contribution in [0.2, 0.25) is 0 Å². The summed E-state index contributed by atoms with van der Waals surface area (Å²) < 4.78 is 18.1. The van der Waals surface area contributed by atoms with Crippen molar-refractivity contribution in [3.8, 4) is 16.3 Å². The van der Waals surface area contributed by atoms with Crippen molar-refractivity contribution in [1.29, 1.82) is 0 Å². The van der Waals surface area contributed by atoms with E-state index >= 15 is 0 Å². The molecule has 23 heavy (non-hydrogen) atoms. The van der Waals surface area contributed by atoms with Gasteiger partial charge in [-0.3, -0.25) is 4.79 Å². The van der Waals surface area contributed by atoms with Crippen LogP contribution in [0.5, 0.6) is 5.88 Å². The first-order valence-electron chi connectivity index (χ1n) is 6.83. The molecule has 0 saturated heterocycles. The zero-order chi connectivity index (χ0) is 16.2. The predicted octanol–water partition coefficient (Wildman–Crippen LogP) is 4.21. The maximum atomic E-state index is 13.0. The first-order valence-corrected chi connectivity index (χ1v) is 7.65. The third kappa shape index (κ3) is 3.37. The molecule has 0 saturated carbocycles. The SMILES string of the molecule is COc1ncccc1NC(=O)c1ccc(-c2ccc(F)cc2)s1. The first-order chi connectivity index (χ1) is 11.2. The number of anilines is 1. The van der Waals surface area contributed by atoms with Crippen LogP contribution >= 0.6 is 11.3 Å². The first kappa shape index (κ1) is 15.2. The second-order valence-electron chi connectivity index (χ2n) is 4.69. The van der Waals surface area contributed by atoms with Gasteiger partial charge in [-0.1, -0.05) is 12.1 Å². The van der Waals surface area contributed by atoms with Crippen molar-refractivity contribution in [1.82, 2.24) is 4.98 Å². The molecule has 0 aliphatic rings. The Hall–Kier alpha value is -2.73. The third-order valence-corrected chi connectivity index (χ3v) is 4.30. The zero-order valence-corrected chi connectivity index (χ0v) is 13.1. The summed E-state index contributed by atoms with van der Waals surface area (Å²) in [7, 11) is 1.50. The fourth-order valence-corrected chi connectivity index (χ4v) is 2.97. The van der Waals surface area contributed by atoms with Crippen molar-refractivity contribution in [2.24, 2.45) is 0 Å². The van der Waals surface area contributed by atoms with E-state index in [1.807, 2.05) is 6.07 Å². The quantitative estimate of drug-likeness (QED) is 0.780. The van der Waals surface area contributed by atoms with Crippen LogP contribution in [0, 0.1) is 5.82 Å². The van der Waals surface area contributed by atoms with Crippen LogP contribution in [0.3, 0.4) is 0 Å². The molecule has 0 radical (unpaired) electrons. The Morgan fingerprint density at radius 2 is 1.96 bits per heavy atom. The summed E-state index contributed by atoms with van der Waals surface area (Å²) in [5.41, 5.74) is 1.38. The fourth-order valence-electron chi connectivity index (χ4n) is 2.06. The number of rotatable bonds is 4. The van der Waals surface area contributed by atoms with Gasteiger partial charge in [-0.05, 0) is 42.0 Å². The summed E-state index contributed by atoms with van der Waals surface area (Å²) in [6, 6.07) is 13.2. The Balaban J connectivity index is 1.80. The summed E-state index contributed by atoms with van der Waals surface area (Å²) in [6.07, 6.45) is 1.59. The maximum Gasteiger partial charge on any atom is 0.265 e. The van der Waals surface area contributed by atoms with E-state index in [9.17, 15) is 9.18 Å². The highest BCUT2D eigenvalue weighted by atomic mass is 32.1. The van der Waals surface area contributed by atoms with Gasteiger partial charge in [0.15, 0.2) is 0 Å². The highest BCUT2D eigenvalue weighted by Crippen LogP contribution is 2.29. The molecule has 2 heterocycles. The number of aromatic nitrogens is 1. The highest BCUT2D eigenvalue weighted by molar-refractivity contribution is 7.17. The normalized spacial score (nSPS) is 10.3. The third-order valence-electron chi connectivity index (χ3n) is 3.17. The Labute approximate surface area is 136 Å². The van der Waals surface area contributed by atoms with Gasteiger partial charge in [-0.2, -0.15) is 0 Å². The average molecular weight is 328 g/mol. The lowest BCUT2D eigenvalue weighted by molar-refractivity contribution is 0.103. The number of thiophene rings is 1. The molecule has 0 spiro atoms. The van der Waals surface area contributed by atoms with Gasteiger partial charge in [-0.25, -0.2) is 9.37 Å². The second-order valence-corrected chi connectivity index (χ2v) is 5.77. The fraction of sp³-hybridized carbons (Fsp3) is 0.0588. The number of pyridine rings is 1. The van der Waals surface area contributed by atoms with E-state index in [0.717, 1.165) is 10.4 Å². The van der Waals surface area contributed by atoms with Crippen molar-refractivity contribution < 1.29 is 13.9 Å². The lowest BCUT2D eigenvalue weighted by Gasteiger charge is -2.07. The highest BCUT2D eigenvalue weighted by Gasteiger charge is 2.13. The number of halogens is 1. The molecular weight excluding hydrogens is 315 g/mol. The van der Waals surface area contributed by atoms with Gasteiger partial charge in [-0.15, -0.1) is 11.3 Å². The van der Waals surface area contributed by atoms with Crippen LogP contribution in [-0.4, -0.2) is 18.0 Å². The minimum atomic E-state index is -0.285. The number of benzene rings is 1. The molecule has 4 nitrogen and oxygen atoms in total. The number of amides is 1. The smallest absolute Gasteiger partial charge is 0.265 e. The Bertz CT molecular complexity index is 831. The van der Waals surface area contributed by atoms with Gasteiger partial charge in [0.25, 0.3) is 5.91 Å². The molecule has 0 aliphatic heterocycles. The molecule has 1 N–H and O–H groups in total. The Kier molecular flexibility index (Phi) is 4.34. The molecule has 0 unspecified atom stereocenters. The van der Waals surface area contributed by atoms with E-state index in [-0.39, 0.29) is 11.7 Å². The summed E-state index contributed by atoms with van der Waals surface area (Å²) >= 11 is 1.34. The van der Waals surface area contributed by atoms with Crippen molar-refractivity contribution >= 4 is 22.9 Å². The number of hydrogen-bond donors (Lipinski definition) is 1. The summed E-state index contributed by atoms with van der Waals surface area (Å²) in [4.78, 5) is 17.8. The maximum absolute atomic E-state index is 13.0. The topological polar surface area (TPSA) is 51.2 Å². The van der Waals surface area contributed by atoms with E-state index < -0.39 is 0 Å². The van der Waals surface area contributed by atoms with Crippen LogP contribution in [0.25, 0.3) is 10.4 Å². The van der Waals surface area contributed by atoms with E-state index in [0.29, 0.717) is 16.4 Å². The standard InChI is InChI=1S/C17H13FN2O2S/c1-22-17-13(3-2-10-19-17)20-16(21)15-9-8-14(23-15)11-4-6-12(18)7-5-11/h2-10H,1H3,(H,20,21). The van der Waals surface area contributed by atoms with Gasteiger partial charge in [0.05, 0.1) is 12.0 Å². The van der Waals surface area contributed by atoms with E-state index in [1.165, 1.54) is 30.6 Å². The van der Waals surface area contributed by atoms with Crippen molar-refractivity contribution in [2.45, 2.75) is 0 Å². The van der Waals surface area contributed by atoms with Crippen molar-refractivity contribution in [3.63, 3.8) is 0 Å². The Morgan fingerprint density at radius 1 is 1.17 bits per heavy atom. The zero-order valence-electron chi connectivity index (χ0n) is 12.2. The molecule has 0 atom stereocenters. The van der Waals surface area contributed by atoms with Gasteiger partial charge >= 0.3 is 0 Å². The van der Waals surface area contributed by atoms with Crippen LogP contribution in [-0.2, 0) is 0 Å². The number of carbonyl (C=O) groups excluding carboxylic acids is 1. The average Bonchev–Trinajstić information content (AvgIpc) is 3.06. The summed E-state index contributed by atoms with van der Waals surface area (Å²) in [5, 5.41) is 2.78. The molecule has 3 rings (SSSR count).